The summed E-state index contributed by atoms with van der Waals surface area (Å²) < 4.78 is 16.8. The molecule has 0 aliphatic heterocycles. The van der Waals surface area contributed by atoms with E-state index < -0.39 is 11.0 Å². The van der Waals surface area contributed by atoms with Crippen LogP contribution in [0.4, 0.5) is 5.69 Å². The highest BCUT2D eigenvalue weighted by molar-refractivity contribution is 7.86. The van der Waals surface area contributed by atoms with Gasteiger partial charge in [0.15, 0.2) is 0 Å². The van der Waals surface area contributed by atoms with Gasteiger partial charge in [0.1, 0.15) is 11.0 Å². The second-order valence-electron chi connectivity index (χ2n) is 5.68. The Morgan fingerprint density at radius 2 is 1.64 bits per heavy atom. The first kappa shape index (κ1) is 16.0. The normalized spacial score (nSPS) is 12.2. The van der Waals surface area contributed by atoms with Gasteiger partial charge in [0, 0.05) is 5.69 Å². The molecule has 4 rings (SSSR count). The van der Waals surface area contributed by atoms with Crippen LogP contribution in [0.5, 0.6) is 0 Å². The third-order valence-electron chi connectivity index (χ3n) is 3.88. The molecule has 1 aromatic heterocycles. The lowest BCUT2D eigenvalue weighted by Gasteiger charge is -2.07. The molecule has 3 aromatic carbocycles. The summed E-state index contributed by atoms with van der Waals surface area (Å²) in [5.74, 6) is 0. The van der Waals surface area contributed by atoms with Crippen molar-refractivity contribution in [2.24, 2.45) is 0 Å². The van der Waals surface area contributed by atoms with E-state index in [4.69, 9.17) is 0 Å². The number of thiazole rings is 1. The van der Waals surface area contributed by atoms with Gasteiger partial charge in [0.05, 0.1) is 20.1 Å². The van der Waals surface area contributed by atoms with Crippen LogP contribution in [0.25, 0.3) is 21.3 Å². The predicted molar refractivity (Wildman–Crippen MR) is 106 cm³/mol. The maximum Gasteiger partial charge on any atom is 0.150 e. The summed E-state index contributed by atoms with van der Waals surface area (Å²) in [6, 6.07) is 23.8. The fraction of sp³-hybridized carbons (Fsp3) is 0.0500. The molecule has 3 nitrogen and oxygen atoms in total. The van der Waals surface area contributed by atoms with Crippen LogP contribution in [-0.4, -0.2) is 9.19 Å². The Kier molecular flexibility index (Phi) is 4.34. The van der Waals surface area contributed by atoms with Crippen LogP contribution in [0.2, 0.25) is 0 Å². The van der Waals surface area contributed by atoms with Crippen molar-refractivity contribution in [3.63, 3.8) is 0 Å². The molecule has 1 N–H and O–H groups in total. The molecule has 0 spiro atoms. The summed E-state index contributed by atoms with van der Waals surface area (Å²) in [7, 11) is -1.31. The zero-order valence-electron chi connectivity index (χ0n) is 13.6. The average Bonchev–Trinajstić information content (AvgIpc) is 3.02. The molecule has 1 heterocycles. The van der Waals surface area contributed by atoms with Crippen molar-refractivity contribution in [2.75, 3.05) is 4.72 Å². The fourth-order valence-electron chi connectivity index (χ4n) is 2.67. The van der Waals surface area contributed by atoms with Crippen LogP contribution in [0.3, 0.4) is 0 Å². The highest BCUT2D eigenvalue weighted by Gasteiger charge is 2.07. The molecule has 5 heteroatoms. The maximum atomic E-state index is 12.6. The van der Waals surface area contributed by atoms with Gasteiger partial charge in [0.25, 0.3) is 0 Å². The number of aromatic nitrogens is 1. The number of nitrogens with zero attached hydrogens (tertiary/aromatic N) is 1. The Labute approximate surface area is 153 Å². The summed E-state index contributed by atoms with van der Waals surface area (Å²) in [4.78, 5) is 5.22. The molecule has 124 valence electrons. The highest BCUT2D eigenvalue weighted by Crippen LogP contribution is 2.26. The van der Waals surface area contributed by atoms with Gasteiger partial charge in [-0.3, -0.25) is 0 Å². The number of rotatable bonds is 4. The van der Waals surface area contributed by atoms with Crippen molar-refractivity contribution in [3.05, 3.63) is 77.8 Å². The third kappa shape index (κ3) is 3.48. The molecule has 0 saturated heterocycles. The van der Waals surface area contributed by atoms with Crippen molar-refractivity contribution < 1.29 is 4.21 Å². The molecule has 25 heavy (non-hydrogen) atoms. The lowest BCUT2D eigenvalue weighted by molar-refractivity contribution is 0.686. The van der Waals surface area contributed by atoms with Crippen LogP contribution < -0.4 is 4.72 Å². The van der Waals surface area contributed by atoms with Crippen LogP contribution in [-0.2, 0) is 11.0 Å². The lowest BCUT2D eigenvalue weighted by atomic mass is 10.1. The summed E-state index contributed by atoms with van der Waals surface area (Å²) in [5, 5.41) is 1.03. The van der Waals surface area contributed by atoms with Gasteiger partial charge in [-0.25, -0.2) is 9.19 Å². The van der Waals surface area contributed by atoms with Crippen LogP contribution >= 0.6 is 11.3 Å². The summed E-state index contributed by atoms with van der Waals surface area (Å²) in [5.41, 5.74) is 4.00. The molecule has 0 bridgehead atoms. The molecular weight excluding hydrogens is 348 g/mol. The number of aryl methyl sites for hydroxylation is 1. The largest absolute Gasteiger partial charge is 0.301 e. The van der Waals surface area contributed by atoms with E-state index >= 15 is 0 Å². The van der Waals surface area contributed by atoms with Crippen molar-refractivity contribution in [2.45, 2.75) is 11.8 Å². The average molecular weight is 364 g/mol. The first-order valence-corrected chi connectivity index (χ1v) is 9.87. The smallest absolute Gasteiger partial charge is 0.150 e. The standard InChI is InChI=1S/C20H16N2OS2/c1-14-21-19-13-17(9-12-20(19)24-14)22-25(23)18-10-7-16(8-11-18)15-5-3-2-4-6-15/h2-13,22H,1H3. The quantitative estimate of drug-likeness (QED) is 0.526. The lowest BCUT2D eigenvalue weighted by Crippen LogP contribution is -2.04. The topological polar surface area (TPSA) is 42.0 Å². The number of hydrogen-bond donors (Lipinski definition) is 1. The molecule has 4 aromatic rings. The molecule has 0 aliphatic rings. The first-order chi connectivity index (χ1) is 12.2. The first-order valence-electron chi connectivity index (χ1n) is 7.90. The Morgan fingerprint density at radius 3 is 2.40 bits per heavy atom. The molecule has 0 radical (unpaired) electrons. The second-order valence-corrected chi connectivity index (χ2v) is 8.12. The van der Waals surface area contributed by atoms with Gasteiger partial charge in [0.2, 0.25) is 0 Å². The zero-order chi connectivity index (χ0) is 17.2. The molecule has 1 unspecified atom stereocenters. The van der Waals surface area contributed by atoms with Gasteiger partial charge < -0.3 is 4.72 Å². The summed E-state index contributed by atoms with van der Waals surface area (Å²) in [6.07, 6.45) is 0. The predicted octanol–water partition coefficient (Wildman–Crippen LogP) is 5.41. The van der Waals surface area contributed by atoms with E-state index in [9.17, 15) is 4.21 Å². The van der Waals surface area contributed by atoms with Gasteiger partial charge in [-0.05, 0) is 48.4 Å². The van der Waals surface area contributed by atoms with E-state index in [0.717, 1.165) is 36.9 Å². The molecule has 0 fully saturated rings. The summed E-state index contributed by atoms with van der Waals surface area (Å²) >= 11 is 1.66. The minimum Gasteiger partial charge on any atom is -0.301 e. The fourth-order valence-corrected chi connectivity index (χ4v) is 4.32. The number of fused-ring (bicyclic) bond motifs is 1. The van der Waals surface area contributed by atoms with Crippen LogP contribution in [0.15, 0.2) is 77.7 Å². The van der Waals surface area contributed by atoms with E-state index in [2.05, 4.69) is 21.8 Å². The zero-order valence-corrected chi connectivity index (χ0v) is 15.2. The van der Waals surface area contributed by atoms with Crippen LogP contribution in [0, 0.1) is 6.92 Å². The highest BCUT2D eigenvalue weighted by atomic mass is 32.2. The minimum absolute atomic E-state index is 0.745. The van der Waals surface area contributed by atoms with Gasteiger partial charge in [-0.15, -0.1) is 11.3 Å². The van der Waals surface area contributed by atoms with Gasteiger partial charge in [-0.1, -0.05) is 42.5 Å². The minimum atomic E-state index is -1.31. The third-order valence-corrected chi connectivity index (χ3v) is 5.95. The van der Waals surface area contributed by atoms with Crippen molar-refractivity contribution >= 4 is 38.2 Å². The van der Waals surface area contributed by atoms with Crippen LogP contribution in [0.1, 0.15) is 5.01 Å². The molecule has 0 saturated carbocycles. The molecule has 1 atom stereocenters. The number of benzene rings is 3. The van der Waals surface area contributed by atoms with Gasteiger partial charge >= 0.3 is 0 Å². The monoisotopic (exact) mass is 364 g/mol. The van der Waals surface area contributed by atoms with Crippen molar-refractivity contribution in [3.8, 4) is 11.1 Å². The number of nitrogens with one attached hydrogen (secondary N) is 1. The summed E-state index contributed by atoms with van der Waals surface area (Å²) in [6.45, 7) is 1.99. The van der Waals surface area contributed by atoms with E-state index in [1.165, 1.54) is 0 Å². The Bertz CT molecular complexity index is 1040. The SMILES string of the molecule is Cc1nc2cc(NS(=O)c3ccc(-c4ccccc4)cc3)ccc2s1. The maximum absolute atomic E-state index is 12.6. The number of hydrogen-bond acceptors (Lipinski definition) is 3. The molecule has 0 aliphatic carbocycles. The second kappa shape index (κ2) is 6.78. The molecular formula is C20H16N2OS2. The Morgan fingerprint density at radius 1 is 0.920 bits per heavy atom. The Hall–Kier alpha value is -2.50. The van der Waals surface area contributed by atoms with E-state index in [-0.39, 0.29) is 0 Å². The van der Waals surface area contributed by atoms with Crippen molar-refractivity contribution in [1.82, 2.24) is 4.98 Å². The number of anilines is 1. The Balaban J connectivity index is 1.53. The van der Waals surface area contributed by atoms with E-state index in [0.29, 0.717) is 0 Å². The van der Waals surface area contributed by atoms with E-state index in [1.54, 1.807) is 11.3 Å². The van der Waals surface area contributed by atoms with E-state index in [1.807, 2.05) is 67.6 Å². The van der Waals surface area contributed by atoms with Crippen molar-refractivity contribution in [1.29, 1.82) is 0 Å². The van der Waals surface area contributed by atoms with Gasteiger partial charge in [-0.2, -0.15) is 0 Å². The molecule has 0 amide bonds.